The zero-order valence-corrected chi connectivity index (χ0v) is 12.6. The summed E-state index contributed by atoms with van der Waals surface area (Å²) < 4.78 is 4.66. The smallest absolute Gasteiger partial charge is 0.306 e. The molecule has 0 aliphatic carbocycles. The van der Waals surface area contributed by atoms with Crippen LogP contribution in [0.3, 0.4) is 0 Å². The third-order valence-corrected chi connectivity index (χ3v) is 4.65. The summed E-state index contributed by atoms with van der Waals surface area (Å²) in [5, 5.41) is 1.13. The van der Waals surface area contributed by atoms with E-state index in [1.54, 1.807) is 11.3 Å². The van der Waals surface area contributed by atoms with Gasteiger partial charge in [-0.05, 0) is 13.8 Å². The van der Waals surface area contributed by atoms with Crippen LogP contribution in [0.15, 0.2) is 0 Å². The van der Waals surface area contributed by atoms with Crippen LogP contribution in [-0.2, 0) is 9.53 Å². The predicted octanol–water partition coefficient (Wildman–Crippen LogP) is 1.45. The highest BCUT2D eigenvalue weighted by atomic mass is 32.1. The summed E-state index contributed by atoms with van der Waals surface area (Å²) in [7, 11) is 1.44. The van der Waals surface area contributed by atoms with Crippen LogP contribution in [0.5, 0.6) is 0 Å². The maximum atomic E-state index is 11.1. The van der Waals surface area contributed by atoms with E-state index in [2.05, 4.69) is 33.4 Å². The van der Waals surface area contributed by atoms with Gasteiger partial charge in [-0.2, -0.15) is 0 Å². The van der Waals surface area contributed by atoms with Crippen LogP contribution in [0.25, 0.3) is 0 Å². The number of anilines is 1. The van der Waals surface area contributed by atoms with E-state index in [1.807, 2.05) is 0 Å². The maximum absolute atomic E-state index is 11.1. The quantitative estimate of drug-likeness (QED) is 0.783. The number of carbonyl (C=O) groups excluding carboxylic acids is 1. The molecule has 0 spiro atoms. The molecule has 106 valence electrons. The van der Waals surface area contributed by atoms with Crippen molar-refractivity contribution in [2.45, 2.75) is 20.3 Å². The highest BCUT2D eigenvalue weighted by molar-refractivity contribution is 7.15. The first-order chi connectivity index (χ1) is 9.10. The Hall–Kier alpha value is -1.14. The van der Waals surface area contributed by atoms with Gasteiger partial charge in [-0.25, -0.2) is 4.98 Å². The predicted molar refractivity (Wildman–Crippen MR) is 76.9 cm³/mol. The van der Waals surface area contributed by atoms with Gasteiger partial charge in [0.05, 0.1) is 19.2 Å². The Bertz CT molecular complexity index is 420. The van der Waals surface area contributed by atoms with Gasteiger partial charge in [0.2, 0.25) is 0 Å². The monoisotopic (exact) mass is 283 g/mol. The summed E-state index contributed by atoms with van der Waals surface area (Å²) in [4.78, 5) is 21.6. The maximum Gasteiger partial charge on any atom is 0.306 e. The molecule has 19 heavy (non-hydrogen) atoms. The number of hydrogen-bond acceptors (Lipinski definition) is 6. The topological polar surface area (TPSA) is 45.7 Å². The van der Waals surface area contributed by atoms with Crippen molar-refractivity contribution in [2.75, 3.05) is 44.7 Å². The normalized spacial score (nSPS) is 16.7. The number of carbonyl (C=O) groups is 1. The molecule has 2 rings (SSSR count). The first-order valence-corrected chi connectivity index (χ1v) is 7.40. The second kappa shape index (κ2) is 6.34. The molecule has 1 aliphatic rings. The van der Waals surface area contributed by atoms with E-state index in [1.165, 1.54) is 12.0 Å². The fourth-order valence-corrected chi connectivity index (χ4v) is 3.07. The van der Waals surface area contributed by atoms with Crippen LogP contribution in [0, 0.1) is 13.8 Å². The Labute approximate surface area is 118 Å². The number of thiazole rings is 1. The van der Waals surface area contributed by atoms with Crippen LogP contribution in [0.4, 0.5) is 5.13 Å². The van der Waals surface area contributed by atoms with E-state index in [0.717, 1.165) is 43.5 Å². The van der Waals surface area contributed by atoms with Gasteiger partial charge in [0.15, 0.2) is 5.13 Å². The minimum atomic E-state index is -0.131. The molecule has 0 atom stereocenters. The van der Waals surface area contributed by atoms with Crippen molar-refractivity contribution in [3.8, 4) is 0 Å². The summed E-state index contributed by atoms with van der Waals surface area (Å²) in [6.07, 6.45) is 0.478. The first kappa shape index (κ1) is 14.3. The molecule has 0 N–H and O–H groups in total. The number of nitrogens with zero attached hydrogens (tertiary/aromatic N) is 3. The first-order valence-electron chi connectivity index (χ1n) is 6.58. The van der Waals surface area contributed by atoms with Crippen molar-refractivity contribution in [2.24, 2.45) is 0 Å². The molecule has 5 nitrogen and oxygen atoms in total. The fourth-order valence-electron chi connectivity index (χ4n) is 2.11. The lowest BCUT2D eigenvalue weighted by atomic mass is 10.3. The molecule has 0 bridgehead atoms. The molecule has 1 saturated heterocycles. The third kappa shape index (κ3) is 3.67. The number of ether oxygens (including phenoxy) is 1. The highest BCUT2D eigenvalue weighted by Crippen LogP contribution is 2.25. The lowest BCUT2D eigenvalue weighted by Gasteiger charge is -2.34. The lowest BCUT2D eigenvalue weighted by molar-refractivity contribution is -0.141. The average Bonchev–Trinajstić information content (AvgIpc) is 2.76. The van der Waals surface area contributed by atoms with E-state index in [0.29, 0.717) is 6.42 Å². The molecule has 0 aromatic carbocycles. The zero-order chi connectivity index (χ0) is 13.8. The van der Waals surface area contributed by atoms with Gasteiger partial charge in [0, 0.05) is 37.6 Å². The number of hydrogen-bond donors (Lipinski definition) is 0. The van der Waals surface area contributed by atoms with Gasteiger partial charge in [-0.15, -0.1) is 11.3 Å². The summed E-state index contributed by atoms with van der Waals surface area (Å²) >= 11 is 1.77. The molecule has 0 radical (unpaired) electrons. The fraction of sp³-hybridized carbons (Fsp3) is 0.692. The summed E-state index contributed by atoms with van der Waals surface area (Å²) in [5.41, 5.74) is 1.13. The van der Waals surface area contributed by atoms with E-state index >= 15 is 0 Å². The van der Waals surface area contributed by atoms with Crippen molar-refractivity contribution in [1.29, 1.82) is 0 Å². The summed E-state index contributed by atoms with van der Waals surface area (Å²) in [5.74, 6) is -0.131. The Morgan fingerprint density at radius 2 is 2.00 bits per heavy atom. The molecule has 1 fully saturated rings. The molecule has 1 aromatic rings. The molecule has 0 unspecified atom stereocenters. The Morgan fingerprint density at radius 3 is 2.53 bits per heavy atom. The molecular formula is C13H21N3O2S. The third-order valence-electron chi connectivity index (χ3n) is 3.52. The van der Waals surface area contributed by atoms with Crippen molar-refractivity contribution in [3.05, 3.63) is 10.6 Å². The number of esters is 1. The zero-order valence-electron chi connectivity index (χ0n) is 11.8. The average molecular weight is 283 g/mol. The molecule has 0 amide bonds. The largest absolute Gasteiger partial charge is 0.469 e. The van der Waals surface area contributed by atoms with Crippen LogP contribution >= 0.6 is 11.3 Å². The van der Waals surface area contributed by atoms with E-state index < -0.39 is 0 Å². The Kier molecular flexibility index (Phi) is 4.76. The highest BCUT2D eigenvalue weighted by Gasteiger charge is 2.20. The second-order valence-electron chi connectivity index (χ2n) is 4.79. The molecule has 6 heteroatoms. The van der Waals surface area contributed by atoms with Gasteiger partial charge in [-0.3, -0.25) is 9.69 Å². The van der Waals surface area contributed by atoms with Crippen LogP contribution in [0.1, 0.15) is 17.0 Å². The van der Waals surface area contributed by atoms with Crippen LogP contribution < -0.4 is 4.90 Å². The van der Waals surface area contributed by atoms with Crippen molar-refractivity contribution < 1.29 is 9.53 Å². The SMILES string of the molecule is COC(=O)CCN1CCN(c2nc(C)c(C)s2)CC1. The number of methoxy groups -OCH3 is 1. The van der Waals surface area contributed by atoms with Gasteiger partial charge in [-0.1, -0.05) is 0 Å². The summed E-state index contributed by atoms with van der Waals surface area (Å²) in [6, 6.07) is 0. The Balaban J connectivity index is 1.80. The van der Waals surface area contributed by atoms with Crippen LogP contribution in [0.2, 0.25) is 0 Å². The lowest BCUT2D eigenvalue weighted by Crippen LogP contribution is -2.46. The number of aryl methyl sites for hydroxylation is 2. The van der Waals surface area contributed by atoms with Crippen molar-refractivity contribution >= 4 is 22.4 Å². The Morgan fingerprint density at radius 1 is 1.32 bits per heavy atom. The molecular weight excluding hydrogens is 262 g/mol. The standard InChI is InChI=1S/C13H21N3O2S/c1-10-11(2)19-13(14-10)16-8-6-15(7-9-16)5-4-12(17)18-3/h4-9H2,1-3H3. The van der Waals surface area contributed by atoms with Gasteiger partial charge in [0.25, 0.3) is 0 Å². The van der Waals surface area contributed by atoms with Gasteiger partial charge < -0.3 is 9.64 Å². The van der Waals surface area contributed by atoms with Gasteiger partial charge in [0.1, 0.15) is 0 Å². The van der Waals surface area contributed by atoms with E-state index in [4.69, 9.17) is 0 Å². The second-order valence-corrected chi connectivity index (χ2v) is 5.97. The van der Waals surface area contributed by atoms with E-state index in [-0.39, 0.29) is 5.97 Å². The van der Waals surface area contributed by atoms with Crippen LogP contribution in [-0.4, -0.2) is 55.7 Å². The molecule has 0 saturated carbocycles. The number of aromatic nitrogens is 1. The van der Waals surface area contributed by atoms with E-state index in [9.17, 15) is 4.79 Å². The molecule has 1 aromatic heterocycles. The minimum absolute atomic E-state index is 0.131. The van der Waals surface area contributed by atoms with Crippen molar-refractivity contribution in [3.63, 3.8) is 0 Å². The van der Waals surface area contributed by atoms with Crippen molar-refractivity contribution in [1.82, 2.24) is 9.88 Å². The molecule has 1 aliphatic heterocycles. The minimum Gasteiger partial charge on any atom is -0.469 e. The van der Waals surface area contributed by atoms with Gasteiger partial charge >= 0.3 is 5.97 Å². The number of rotatable bonds is 4. The molecule has 2 heterocycles. The summed E-state index contributed by atoms with van der Waals surface area (Å²) in [6.45, 7) is 8.88. The number of piperazine rings is 1.